The van der Waals surface area contributed by atoms with Crippen molar-refractivity contribution in [3.63, 3.8) is 0 Å². The number of fused-ring (bicyclic) bond motifs is 1. The standard InChI is InChI=1S/C11H10BrFO3/c1-15-10(14)4-7-6-2-3-16-11(6)8(12)5-9(7)13/h5H,2-4H2,1H3. The molecule has 2 rings (SSSR count). The summed E-state index contributed by atoms with van der Waals surface area (Å²) in [6.07, 6.45) is 0.569. The van der Waals surface area contributed by atoms with E-state index in [-0.39, 0.29) is 6.42 Å². The molecule has 16 heavy (non-hydrogen) atoms. The maximum atomic E-state index is 13.7. The van der Waals surface area contributed by atoms with E-state index in [4.69, 9.17) is 4.74 Å². The lowest BCUT2D eigenvalue weighted by atomic mass is 10.0. The van der Waals surface area contributed by atoms with Gasteiger partial charge in [0.25, 0.3) is 0 Å². The minimum atomic E-state index is -0.449. The van der Waals surface area contributed by atoms with Crippen molar-refractivity contribution in [3.8, 4) is 5.75 Å². The number of carbonyl (C=O) groups is 1. The molecule has 0 unspecified atom stereocenters. The topological polar surface area (TPSA) is 35.5 Å². The second-order valence-corrected chi connectivity index (χ2v) is 4.33. The Kier molecular flexibility index (Phi) is 3.14. The summed E-state index contributed by atoms with van der Waals surface area (Å²) < 4.78 is 24.2. The molecule has 5 heteroatoms. The number of esters is 1. The third-order valence-electron chi connectivity index (χ3n) is 2.54. The third kappa shape index (κ3) is 1.91. The van der Waals surface area contributed by atoms with Gasteiger partial charge in [-0.3, -0.25) is 4.79 Å². The molecule has 0 saturated carbocycles. The number of halogens is 2. The number of benzene rings is 1. The van der Waals surface area contributed by atoms with Gasteiger partial charge >= 0.3 is 5.97 Å². The number of ether oxygens (including phenoxy) is 2. The summed E-state index contributed by atoms with van der Waals surface area (Å²) >= 11 is 3.23. The van der Waals surface area contributed by atoms with Gasteiger partial charge < -0.3 is 9.47 Å². The molecule has 0 saturated heterocycles. The summed E-state index contributed by atoms with van der Waals surface area (Å²) in [6.45, 7) is 0.519. The van der Waals surface area contributed by atoms with Crippen LogP contribution in [0.3, 0.4) is 0 Å². The molecular weight excluding hydrogens is 279 g/mol. The lowest BCUT2D eigenvalue weighted by Gasteiger charge is -2.09. The second-order valence-electron chi connectivity index (χ2n) is 3.48. The summed E-state index contributed by atoms with van der Waals surface area (Å²) in [5, 5.41) is 0. The minimum absolute atomic E-state index is 0.0543. The molecule has 3 nitrogen and oxygen atoms in total. The molecule has 0 amide bonds. The summed E-state index contributed by atoms with van der Waals surface area (Å²) in [4.78, 5) is 11.2. The van der Waals surface area contributed by atoms with Crippen molar-refractivity contribution in [1.29, 1.82) is 0 Å². The van der Waals surface area contributed by atoms with Crippen molar-refractivity contribution in [1.82, 2.24) is 0 Å². The van der Waals surface area contributed by atoms with Gasteiger partial charge in [-0.05, 0) is 22.0 Å². The molecular formula is C11H10BrFO3. The molecule has 1 aliphatic heterocycles. The van der Waals surface area contributed by atoms with Crippen LogP contribution in [0.15, 0.2) is 10.5 Å². The highest BCUT2D eigenvalue weighted by molar-refractivity contribution is 9.10. The fourth-order valence-corrected chi connectivity index (χ4v) is 2.33. The number of hydrogen-bond donors (Lipinski definition) is 0. The molecule has 86 valence electrons. The molecule has 0 fully saturated rings. The van der Waals surface area contributed by atoms with Gasteiger partial charge in [0.1, 0.15) is 11.6 Å². The zero-order chi connectivity index (χ0) is 11.7. The Balaban J connectivity index is 2.45. The van der Waals surface area contributed by atoms with Gasteiger partial charge in [-0.15, -0.1) is 0 Å². The number of carbonyl (C=O) groups excluding carboxylic acids is 1. The van der Waals surface area contributed by atoms with E-state index in [9.17, 15) is 9.18 Å². The van der Waals surface area contributed by atoms with Gasteiger partial charge in [0.2, 0.25) is 0 Å². The van der Waals surface area contributed by atoms with Crippen LogP contribution in [0.1, 0.15) is 11.1 Å². The average molecular weight is 289 g/mol. The Bertz CT molecular complexity index is 445. The van der Waals surface area contributed by atoms with Gasteiger partial charge in [0.05, 0.1) is 24.6 Å². The molecule has 0 atom stereocenters. The largest absolute Gasteiger partial charge is 0.492 e. The van der Waals surface area contributed by atoms with Crippen LogP contribution in [-0.4, -0.2) is 19.7 Å². The average Bonchev–Trinajstić information content (AvgIpc) is 2.73. The number of rotatable bonds is 2. The predicted molar refractivity (Wildman–Crippen MR) is 59.0 cm³/mol. The van der Waals surface area contributed by atoms with E-state index >= 15 is 0 Å². The third-order valence-corrected chi connectivity index (χ3v) is 3.13. The van der Waals surface area contributed by atoms with Crippen LogP contribution < -0.4 is 4.74 Å². The number of methoxy groups -OCH3 is 1. The van der Waals surface area contributed by atoms with E-state index in [1.54, 1.807) is 0 Å². The van der Waals surface area contributed by atoms with Crippen LogP contribution in [0.25, 0.3) is 0 Å². The maximum absolute atomic E-state index is 13.7. The Hall–Kier alpha value is -1.10. The van der Waals surface area contributed by atoms with Crippen LogP contribution in [0.2, 0.25) is 0 Å². The molecule has 1 aromatic carbocycles. The molecule has 0 N–H and O–H groups in total. The van der Waals surface area contributed by atoms with E-state index in [0.29, 0.717) is 28.8 Å². The van der Waals surface area contributed by atoms with E-state index in [1.165, 1.54) is 13.2 Å². The lowest BCUT2D eigenvalue weighted by molar-refractivity contribution is -0.139. The van der Waals surface area contributed by atoms with Crippen molar-refractivity contribution in [2.75, 3.05) is 13.7 Å². The van der Waals surface area contributed by atoms with Gasteiger partial charge in [-0.2, -0.15) is 0 Å². The highest BCUT2D eigenvalue weighted by Gasteiger charge is 2.24. The quantitative estimate of drug-likeness (QED) is 0.783. The fourth-order valence-electron chi connectivity index (χ4n) is 1.77. The van der Waals surface area contributed by atoms with Crippen molar-refractivity contribution < 1.29 is 18.7 Å². The van der Waals surface area contributed by atoms with Gasteiger partial charge in [0.15, 0.2) is 0 Å². The summed E-state index contributed by atoms with van der Waals surface area (Å²) in [7, 11) is 1.29. The van der Waals surface area contributed by atoms with Crippen molar-refractivity contribution >= 4 is 21.9 Å². The molecule has 1 aliphatic rings. The Morgan fingerprint density at radius 1 is 1.69 bits per heavy atom. The first-order chi connectivity index (χ1) is 7.63. The molecule has 0 bridgehead atoms. The maximum Gasteiger partial charge on any atom is 0.310 e. The molecule has 0 radical (unpaired) electrons. The summed E-state index contributed by atoms with van der Waals surface area (Å²) in [6, 6.07) is 1.32. The number of hydrogen-bond acceptors (Lipinski definition) is 3. The molecule has 1 aromatic rings. The highest BCUT2D eigenvalue weighted by atomic mass is 79.9. The van der Waals surface area contributed by atoms with Crippen LogP contribution in [0, 0.1) is 5.82 Å². The zero-order valence-electron chi connectivity index (χ0n) is 8.68. The first-order valence-electron chi connectivity index (χ1n) is 4.83. The SMILES string of the molecule is COC(=O)Cc1c(F)cc(Br)c2c1CCO2. The van der Waals surface area contributed by atoms with Crippen LogP contribution >= 0.6 is 15.9 Å². The van der Waals surface area contributed by atoms with E-state index < -0.39 is 11.8 Å². The second kappa shape index (κ2) is 4.41. The summed E-state index contributed by atoms with van der Waals surface area (Å²) in [5.41, 5.74) is 1.14. The molecule has 0 aromatic heterocycles. The van der Waals surface area contributed by atoms with Crippen LogP contribution in [0.5, 0.6) is 5.75 Å². The van der Waals surface area contributed by atoms with Crippen LogP contribution in [-0.2, 0) is 22.4 Å². The minimum Gasteiger partial charge on any atom is -0.492 e. The lowest BCUT2D eigenvalue weighted by Crippen LogP contribution is -2.08. The molecule has 0 spiro atoms. The Morgan fingerprint density at radius 2 is 2.44 bits per heavy atom. The van der Waals surface area contributed by atoms with Crippen molar-refractivity contribution in [2.24, 2.45) is 0 Å². The zero-order valence-corrected chi connectivity index (χ0v) is 10.3. The first-order valence-corrected chi connectivity index (χ1v) is 5.62. The van der Waals surface area contributed by atoms with Gasteiger partial charge in [0, 0.05) is 17.5 Å². The molecule has 0 aliphatic carbocycles. The van der Waals surface area contributed by atoms with E-state index in [1.807, 2.05) is 0 Å². The van der Waals surface area contributed by atoms with E-state index in [2.05, 4.69) is 20.7 Å². The van der Waals surface area contributed by atoms with E-state index in [0.717, 1.165) is 5.56 Å². The first kappa shape index (κ1) is 11.4. The fraction of sp³-hybridized carbons (Fsp3) is 0.364. The monoisotopic (exact) mass is 288 g/mol. The van der Waals surface area contributed by atoms with Crippen molar-refractivity contribution in [2.45, 2.75) is 12.8 Å². The smallest absolute Gasteiger partial charge is 0.310 e. The molecule has 1 heterocycles. The normalized spacial score (nSPS) is 13.2. The highest BCUT2D eigenvalue weighted by Crippen LogP contribution is 2.37. The van der Waals surface area contributed by atoms with Gasteiger partial charge in [-0.25, -0.2) is 4.39 Å². The Labute approximate surface area is 101 Å². The summed E-state index contributed by atoms with van der Waals surface area (Å²) in [5.74, 6) is -0.211. The predicted octanol–water partition coefficient (Wildman–Crippen LogP) is 2.24. The van der Waals surface area contributed by atoms with Crippen LogP contribution in [0.4, 0.5) is 4.39 Å². The Morgan fingerprint density at radius 3 is 3.12 bits per heavy atom. The van der Waals surface area contributed by atoms with Gasteiger partial charge in [-0.1, -0.05) is 0 Å². The van der Waals surface area contributed by atoms with Crippen molar-refractivity contribution in [3.05, 3.63) is 27.5 Å².